The summed E-state index contributed by atoms with van der Waals surface area (Å²) in [5.74, 6) is -10.2. The van der Waals surface area contributed by atoms with Crippen molar-refractivity contribution in [3.8, 4) is 0 Å². The summed E-state index contributed by atoms with van der Waals surface area (Å²) in [5.41, 5.74) is 1.80. The zero-order valence-corrected chi connectivity index (χ0v) is 11.9. The van der Waals surface area contributed by atoms with E-state index in [-0.39, 0.29) is 5.71 Å². The normalized spacial score (nSPS) is 12.0. The summed E-state index contributed by atoms with van der Waals surface area (Å²) < 4.78 is 65.8. The first-order valence-corrected chi connectivity index (χ1v) is 6.46. The lowest BCUT2D eigenvalue weighted by atomic mass is 10.2. The topological polar surface area (TPSA) is 24.4 Å². The van der Waals surface area contributed by atoms with Gasteiger partial charge in [-0.15, -0.1) is 0 Å². The van der Waals surface area contributed by atoms with E-state index in [2.05, 4.69) is 5.10 Å². The molecule has 2 aromatic rings. The number of anilines is 1. The standard InChI is InChI=1S/C16H11F5N2/c1-9(7-8-10-5-3-2-4-6-10)22-23-16-14(20)12(18)11(17)13(19)15(16)21/h2-8,23H,1H3/b8-7+,22-9+. The molecule has 0 amide bonds. The fourth-order valence-corrected chi connectivity index (χ4v) is 1.67. The Kier molecular flexibility index (Phi) is 5.10. The number of hydrazone groups is 1. The second-order valence-electron chi connectivity index (χ2n) is 4.55. The van der Waals surface area contributed by atoms with Gasteiger partial charge >= 0.3 is 0 Å². The molecule has 0 unspecified atom stereocenters. The maximum atomic E-state index is 13.4. The van der Waals surface area contributed by atoms with Crippen LogP contribution in [0.4, 0.5) is 27.6 Å². The third-order valence-electron chi connectivity index (χ3n) is 2.87. The molecular weight excluding hydrogens is 315 g/mol. The van der Waals surface area contributed by atoms with Crippen LogP contribution in [0.3, 0.4) is 0 Å². The molecule has 0 radical (unpaired) electrons. The van der Waals surface area contributed by atoms with Gasteiger partial charge < -0.3 is 0 Å². The molecule has 0 aliphatic heterocycles. The fourth-order valence-electron chi connectivity index (χ4n) is 1.67. The van der Waals surface area contributed by atoms with E-state index in [1.54, 1.807) is 6.08 Å². The highest BCUT2D eigenvalue weighted by Crippen LogP contribution is 2.27. The fraction of sp³-hybridized carbons (Fsp3) is 0.0625. The second-order valence-corrected chi connectivity index (χ2v) is 4.55. The SMILES string of the molecule is CC(/C=C/c1ccccc1)=N\Nc1c(F)c(F)c(F)c(F)c1F. The van der Waals surface area contributed by atoms with Crippen LogP contribution in [0.25, 0.3) is 6.08 Å². The minimum Gasteiger partial charge on any atom is -0.272 e. The Bertz CT molecular complexity index is 741. The average Bonchev–Trinajstić information content (AvgIpc) is 2.57. The minimum absolute atomic E-state index is 0.276. The summed E-state index contributed by atoms with van der Waals surface area (Å²) in [4.78, 5) is 0. The average molecular weight is 326 g/mol. The van der Waals surface area contributed by atoms with Crippen molar-refractivity contribution in [2.45, 2.75) is 6.92 Å². The number of nitrogens with zero attached hydrogens (tertiary/aromatic N) is 1. The molecule has 0 atom stereocenters. The van der Waals surface area contributed by atoms with Crippen LogP contribution < -0.4 is 5.43 Å². The second kappa shape index (κ2) is 7.04. The molecule has 0 fully saturated rings. The van der Waals surface area contributed by atoms with E-state index in [0.29, 0.717) is 0 Å². The van der Waals surface area contributed by atoms with Crippen LogP contribution in [0.5, 0.6) is 0 Å². The Balaban J connectivity index is 2.21. The number of benzene rings is 2. The maximum absolute atomic E-state index is 13.4. The largest absolute Gasteiger partial charge is 0.272 e. The zero-order valence-electron chi connectivity index (χ0n) is 11.9. The first-order chi connectivity index (χ1) is 10.9. The van der Waals surface area contributed by atoms with Gasteiger partial charge in [-0.05, 0) is 18.6 Å². The first-order valence-electron chi connectivity index (χ1n) is 6.46. The summed E-state index contributed by atoms with van der Waals surface area (Å²) in [6.07, 6.45) is 3.20. The number of hydrogen-bond acceptors (Lipinski definition) is 2. The van der Waals surface area contributed by atoms with E-state index in [1.807, 2.05) is 35.8 Å². The Morgan fingerprint density at radius 3 is 1.96 bits per heavy atom. The molecule has 120 valence electrons. The van der Waals surface area contributed by atoms with Gasteiger partial charge in [0, 0.05) is 0 Å². The van der Waals surface area contributed by atoms with Gasteiger partial charge in [0.2, 0.25) is 5.82 Å². The molecule has 0 saturated carbocycles. The van der Waals surface area contributed by atoms with Crippen molar-refractivity contribution in [1.82, 2.24) is 0 Å². The number of nitrogens with one attached hydrogen (secondary N) is 1. The van der Waals surface area contributed by atoms with Crippen LogP contribution in [-0.2, 0) is 0 Å². The lowest BCUT2D eigenvalue weighted by Crippen LogP contribution is -2.07. The van der Waals surface area contributed by atoms with Gasteiger partial charge in [0.25, 0.3) is 0 Å². The van der Waals surface area contributed by atoms with Crippen LogP contribution >= 0.6 is 0 Å². The molecule has 2 rings (SSSR count). The van der Waals surface area contributed by atoms with Gasteiger partial charge in [0.1, 0.15) is 5.69 Å². The summed E-state index contributed by atoms with van der Waals surface area (Å²) in [6, 6.07) is 9.12. The first kappa shape index (κ1) is 16.7. The van der Waals surface area contributed by atoms with Crippen LogP contribution in [0.2, 0.25) is 0 Å². The number of allylic oxidation sites excluding steroid dienone is 1. The highest BCUT2D eigenvalue weighted by Gasteiger charge is 2.25. The summed E-state index contributed by atoms with van der Waals surface area (Å²) in [6.45, 7) is 1.50. The molecule has 0 spiro atoms. The molecule has 2 nitrogen and oxygen atoms in total. The van der Waals surface area contributed by atoms with Crippen LogP contribution in [0, 0.1) is 29.1 Å². The predicted molar refractivity (Wildman–Crippen MR) is 78.4 cm³/mol. The van der Waals surface area contributed by atoms with Gasteiger partial charge in [-0.2, -0.15) is 5.10 Å². The maximum Gasteiger partial charge on any atom is 0.200 e. The molecule has 0 bridgehead atoms. The number of rotatable bonds is 4. The van der Waals surface area contributed by atoms with Crippen LogP contribution in [0.1, 0.15) is 12.5 Å². The Morgan fingerprint density at radius 2 is 1.39 bits per heavy atom. The van der Waals surface area contributed by atoms with E-state index in [0.717, 1.165) is 5.56 Å². The summed E-state index contributed by atoms with van der Waals surface area (Å²) in [7, 11) is 0. The van der Waals surface area contributed by atoms with Gasteiger partial charge in [0.15, 0.2) is 23.3 Å². The molecule has 23 heavy (non-hydrogen) atoms. The Labute approximate surface area is 129 Å². The van der Waals surface area contributed by atoms with E-state index < -0.39 is 34.8 Å². The smallest absolute Gasteiger partial charge is 0.200 e. The highest BCUT2D eigenvalue weighted by molar-refractivity contribution is 5.96. The number of halogens is 5. The number of hydrogen-bond donors (Lipinski definition) is 1. The predicted octanol–water partition coefficient (Wildman–Crippen LogP) is 4.88. The van der Waals surface area contributed by atoms with E-state index >= 15 is 0 Å². The molecule has 2 aromatic carbocycles. The lowest BCUT2D eigenvalue weighted by Gasteiger charge is -2.07. The zero-order chi connectivity index (χ0) is 17.0. The van der Waals surface area contributed by atoms with Crippen LogP contribution in [0.15, 0.2) is 41.5 Å². The third kappa shape index (κ3) is 3.74. The molecular formula is C16H11F5N2. The summed E-state index contributed by atoms with van der Waals surface area (Å²) in [5, 5.41) is 3.59. The van der Waals surface area contributed by atoms with Crippen LogP contribution in [-0.4, -0.2) is 5.71 Å². The molecule has 7 heteroatoms. The molecule has 0 aliphatic carbocycles. The van der Waals surface area contributed by atoms with E-state index in [4.69, 9.17) is 0 Å². The van der Waals surface area contributed by atoms with Crippen molar-refractivity contribution in [1.29, 1.82) is 0 Å². The Hall–Kier alpha value is -2.70. The van der Waals surface area contributed by atoms with Crippen molar-refractivity contribution < 1.29 is 22.0 Å². The lowest BCUT2D eigenvalue weighted by molar-refractivity contribution is 0.381. The quantitative estimate of drug-likeness (QED) is 0.280. The monoisotopic (exact) mass is 326 g/mol. The third-order valence-corrected chi connectivity index (χ3v) is 2.87. The van der Waals surface area contributed by atoms with Crippen molar-refractivity contribution in [2.75, 3.05) is 5.43 Å². The van der Waals surface area contributed by atoms with Crippen molar-refractivity contribution in [3.63, 3.8) is 0 Å². The molecule has 0 aliphatic rings. The van der Waals surface area contributed by atoms with Gasteiger partial charge in [-0.25, -0.2) is 22.0 Å². The molecule has 0 saturated heterocycles. The molecule has 0 aromatic heterocycles. The Morgan fingerprint density at radius 1 is 0.870 bits per heavy atom. The van der Waals surface area contributed by atoms with Crippen molar-refractivity contribution in [2.24, 2.45) is 5.10 Å². The highest BCUT2D eigenvalue weighted by atomic mass is 19.2. The molecule has 1 N–H and O–H groups in total. The van der Waals surface area contributed by atoms with Gasteiger partial charge in [0.05, 0.1) is 5.71 Å². The summed E-state index contributed by atoms with van der Waals surface area (Å²) >= 11 is 0. The van der Waals surface area contributed by atoms with Gasteiger partial charge in [-0.1, -0.05) is 36.4 Å². The van der Waals surface area contributed by atoms with Crippen molar-refractivity contribution >= 4 is 17.5 Å². The van der Waals surface area contributed by atoms with Gasteiger partial charge in [-0.3, -0.25) is 5.43 Å². The minimum atomic E-state index is -2.21. The van der Waals surface area contributed by atoms with E-state index in [9.17, 15) is 22.0 Å². The van der Waals surface area contributed by atoms with Crippen molar-refractivity contribution in [3.05, 3.63) is 71.1 Å². The van der Waals surface area contributed by atoms with E-state index in [1.165, 1.54) is 13.0 Å². The molecule has 0 heterocycles.